The fourth-order valence-corrected chi connectivity index (χ4v) is 5.13. The Labute approximate surface area is 173 Å². The van der Waals surface area contributed by atoms with Gasteiger partial charge >= 0.3 is 0 Å². The van der Waals surface area contributed by atoms with E-state index in [2.05, 4.69) is 0 Å². The zero-order chi connectivity index (χ0) is 21.7. The predicted molar refractivity (Wildman–Crippen MR) is 101 cm³/mol. The summed E-state index contributed by atoms with van der Waals surface area (Å²) in [5.74, 6) is -3.44. The second-order valence-electron chi connectivity index (χ2n) is 8.08. The number of sulfonamides is 1. The predicted octanol–water partition coefficient (Wildman–Crippen LogP) is -0.0826. The number of carbonyl (C=O) groups excluding carboxylic acids is 2. The van der Waals surface area contributed by atoms with Crippen molar-refractivity contribution in [1.29, 1.82) is 0 Å². The van der Waals surface area contributed by atoms with Crippen molar-refractivity contribution in [2.75, 3.05) is 52.1 Å². The fourth-order valence-electron chi connectivity index (χ4n) is 4.25. The smallest absolute Gasteiger partial charge is 0.289 e. The molecule has 3 aliphatic rings. The normalized spacial score (nSPS) is 26.0. The number of carbonyl (C=O) groups is 2. The number of likely N-dealkylation sites (tertiary alicyclic amines) is 1. The minimum absolute atomic E-state index is 0.115. The SMILES string of the molecule is CS(=O)(=O)N1CC(N2CC(F)(F)C[C@H]2C(=O)N2CCN(C(=O)c3ccco3)CC2)C1. The van der Waals surface area contributed by atoms with E-state index in [1.807, 2.05) is 0 Å². The van der Waals surface area contributed by atoms with Gasteiger partial charge in [0, 0.05) is 51.7 Å². The van der Waals surface area contributed by atoms with Gasteiger partial charge in [-0.2, -0.15) is 4.31 Å². The largest absolute Gasteiger partial charge is 0.459 e. The second-order valence-corrected chi connectivity index (χ2v) is 10.1. The third-order valence-electron chi connectivity index (χ3n) is 5.97. The molecule has 9 nitrogen and oxygen atoms in total. The Hall–Kier alpha value is -2.05. The summed E-state index contributed by atoms with van der Waals surface area (Å²) in [4.78, 5) is 29.9. The van der Waals surface area contributed by atoms with Gasteiger partial charge in [-0.1, -0.05) is 0 Å². The first-order chi connectivity index (χ1) is 14.0. The van der Waals surface area contributed by atoms with Crippen LogP contribution in [0.4, 0.5) is 8.78 Å². The summed E-state index contributed by atoms with van der Waals surface area (Å²) in [7, 11) is -3.37. The van der Waals surface area contributed by atoms with Crippen molar-refractivity contribution >= 4 is 21.8 Å². The highest BCUT2D eigenvalue weighted by Crippen LogP contribution is 2.36. The molecule has 3 saturated heterocycles. The maximum Gasteiger partial charge on any atom is 0.289 e. The Bertz CT molecular complexity index is 909. The van der Waals surface area contributed by atoms with E-state index in [4.69, 9.17) is 4.42 Å². The van der Waals surface area contributed by atoms with Crippen LogP contribution in [0.3, 0.4) is 0 Å². The Balaban J connectivity index is 1.38. The molecule has 0 aliphatic carbocycles. The van der Waals surface area contributed by atoms with Gasteiger partial charge in [0.2, 0.25) is 15.9 Å². The molecule has 0 spiro atoms. The van der Waals surface area contributed by atoms with Crippen molar-refractivity contribution < 1.29 is 31.2 Å². The summed E-state index contributed by atoms with van der Waals surface area (Å²) in [6.45, 7) is 0.763. The number of halogens is 2. The number of amides is 2. The monoisotopic (exact) mass is 446 g/mol. The Morgan fingerprint density at radius 1 is 1.13 bits per heavy atom. The Morgan fingerprint density at radius 2 is 1.77 bits per heavy atom. The van der Waals surface area contributed by atoms with Crippen LogP contribution in [-0.4, -0.2) is 109 Å². The summed E-state index contributed by atoms with van der Waals surface area (Å²) in [5, 5.41) is 0. The number of rotatable bonds is 4. The lowest BCUT2D eigenvalue weighted by Crippen LogP contribution is -2.64. The first-order valence-electron chi connectivity index (χ1n) is 9.75. The van der Waals surface area contributed by atoms with Gasteiger partial charge in [-0.05, 0) is 12.1 Å². The van der Waals surface area contributed by atoms with E-state index in [1.165, 1.54) is 20.4 Å². The molecule has 1 atom stereocenters. The van der Waals surface area contributed by atoms with E-state index in [0.29, 0.717) is 13.1 Å². The van der Waals surface area contributed by atoms with E-state index in [-0.39, 0.29) is 37.8 Å². The molecule has 0 bridgehead atoms. The molecule has 30 heavy (non-hydrogen) atoms. The highest BCUT2D eigenvalue weighted by atomic mass is 32.2. The van der Waals surface area contributed by atoms with E-state index in [1.54, 1.807) is 17.0 Å². The van der Waals surface area contributed by atoms with Crippen molar-refractivity contribution in [3.8, 4) is 0 Å². The van der Waals surface area contributed by atoms with E-state index in [9.17, 15) is 26.8 Å². The lowest BCUT2D eigenvalue weighted by Gasteiger charge is -2.45. The van der Waals surface area contributed by atoms with Crippen LogP contribution < -0.4 is 0 Å². The molecule has 12 heteroatoms. The van der Waals surface area contributed by atoms with Gasteiger partial charge in [0.1, 0.15) is 0 Å². The molecule has 0 saturated carbocycles. The highest BCUT2D eigenvalue weighted by Gasteiger charge is 2.53. The van der Waals surface area contributed by atoms with Crippen molar-refractivity contribution in [3.05, 3.63) is 24.2 Å². The van der Waals surface area contributed by atoms with E-state index < -0.39 is 46.9 Å². The molecule has 1 aromatic heterocycles. The minimum atomic E-state index is -3.37. The van der Waals surface area contributed by atoms with Gasteiger partial charge in [-0.3, -0.25) is 14.5 Å². The van der Waals surface area contributed by atoms with Crippen LogP contribution >= 0.6 is 0 Å². The zero-order valence-electron chi connectivity index (χ0n) is 16.5. The van der Waals surface area contributed by atoms with Gasteiger partial charge in [-0.25, -0.2) is 17.2 Å². The van der Waals surface area contributed by atoms with Crippen LogP contribution in [0.1, 0.15) is 17.0 Å². The summed E-state index contributed by atoms with van der Waals surface area (Å²) in [6, 6.07) is 1.80. The lowest BCUT2D eigenvalue weighted by molar-refractivity contribution is -0.139. The summed E-state index contributed by atoms with van der Waals surface area (Å²) in [6.07, 6.45) is 1.91. The van der Waals surface area contributed by atoms with Gasteiger partial charge in [0.05, 0.1) is 25.1 Å². The lowest BCUT2D eigenvalue weighted by atomic mass is 10.1. The van der Waals surface area contributed by atoms with E-state index >= 15 is 0 Å². The molecule has 2 amide bonds. The summed E-state index contributed by atoms with van der Waals surface area (Å²) in [5.41, 5.74) is 0. The maximum absolute atomic E-state index is 14.1. The van der Waals surface area contributed by atoms with Gasteiger partial charge < -0.3 is 14.2 Å². The van der Waals surface area contributed by atoms with Crippen LogP contribution in [0, 0.1) is 0 Å². The average molecular weight is 446 g/mol. The van der Waals surface area contributed by atoms with Gasteiger partial charge in [0.15, 0.2) is 5.76 Å². The van der Waals surface area contributed by atoms with Crippen LogP contribution in [0.25, 0.3) is 0 Å². The molecular weight excluding hydrogens is 422 g/mol. The number of nitrogens with zero attached hydrogens (tertiary/aromatic N) is 4. The van der Waals surface area contributed by atoms with E-state index in [0.717, 1.165) is 6.26 Å². The number of hydrogen-bond acceptors (Lipinski definition) is 6. The number of alkyl halides is 2. The molecule has 4 heterocycles. The topological polar surface area (TPSA) is 94.4 Å². The molecule has 0 N–H and O–H groups in total. The van der Waals surface area contributed by atoms with Crippen molar-refractivity contribution in [2.24, 2.45) is 0 Å². The van der Waals surface area contributed by atoms with Gasteiger partial charge in [-0.15, -0.1) is 0 Å². The molecule has 3 aliphatic heterocycles. The van der Waals surface area contributed by atoms with Gasteiger partial charge in [0.25, 0.3) is 11.8 Å². The Morgan fingerprint density at radius 3 is 2.33 bits per heavy atom. The highest BCUT2D eigenvalue weighted by molar-refractivity contribution is 7.88. The summed E-state index contributed by atoms with van der Waals surface area (Å²) >= 11 is 0. The van der Waals surface area contributed by atoms with Crippen molar-refractivity contribution in [3.63, 3.8) is 0 Å². The van der Waals surface area contributed by atoms with Crippen molar-refractivity contribution in [2.45, 2.75) is 24.4 Å². The quantitative estimate of drug-likeness (QED) is 0.642. The zero-order valence-corrected chi connectivity index (χ0v) is 17.4. The standard InChI is InChI=1S/C18H24F2N4O5S/c1-30(27,28)23-10-13(11-23)24-12-18(19,20)9-14(24)16(25)21-4-6-22(7-5-21)17(26)15-3-2-8-29-15/h2-3,8,13-14H,4-7,9-12H2,1H3/t14-/m0/s1. The van der Waals surface area contributed by atoms with Crippen LogP contribution in [0.2, 0.25) is 0 Å². The second kappa shape index (κ2) is 7.57. The molecule has 166 valence electrons. The number of hydrogen-bond donors (Lipinski definition) is 0. The molecule has 3 fully saturated rings. The molecular formula is C18H24F2N4O5S. The Kier molecular flexibility index (Phi) is 5.35. The fraction of sp³-hybridized carbons (Fsp3) is 0.667. The molecule has 0 radical (unpaired) electrons. The number of furan rings is 1. The minimum Gasteiger partial charge on any atom is -0.459 e. The summed E-state index contributed by atoms with van der Waals surface area (Å²) < 4.78 is 57.8. The third-order valence-corrected chi connectivity index (χ3v) is 7.20. The van der Waals surface area contributed by atoms with Crippen LogP contribution in [0.15, 0.2) is 22.8 Å². The van der Waals surface area contributed by atoms with Crippen LogP contribution in [-0.2, 0) is 14.8 Å². The van der Waals surface area contributed by atoms with Crippen molar-refractivity contribution in [1.82, 2.24) is 19.0 Å². The first kappa shape index (κ1) is 21.2. The third kappa shape index (κ3) is 4.08. The van der Waals surface area contributed by atoms with Crippen LogP contribution in [0.5, 0.6) is 0 Å². The first-order valence-corrected chi connectivity index (χ1v) is 11.6. The molecule has 0 unspecified atom stereocenters. The molecule has 4 rings (SSSR count). The molecule has 1 aromatic rings. The molecule has 0 aromatic carbocycles. The maximum atomic E-state index is 14.1. The average Bonchev–Trinajstić information content (AvgIpc) is 3.26. The number of piperazine rings is 1.